The molecule has 14 nitrogen and oxygen atoms in total. The summed E-state index contributed by atoms with van der Waals surface area (Å²) in [5.41, 5.74) is -0.444. The number of nitriles is 2. The molecule has 14 heteroatoms. The van der Waals surface area contributed by atoms with Crippen LogP contribution in [-0.2, 0) is 32.2 Å². The van der Waals surface area contributed by atoms with Gasteiger partial charge >= 0.3 is 17.9 Å². The van der Waals surface area contributed by atoms with Crippen molar-refractivity contribution in [1.82, 2.24) is 0 Å². The van der Waals surface area contributed by atoms with Gasteiger partial charge in [-0.1, -0.05) is 42.5 Å². The lowest BCUT2D eigenvalue weighted by Gasteiger charge is -2.14. The molecule has 2 saturated heterocycles. The molecule has 4 aromatic carbocycles. The Kier molecular flexibility index (Phi) is 11.5. The maximum atomic E-state index is 13.5. The van der Waals surface area contributed by atoms with Gasteiger partial charge in [0.1, 0.15) is 41.1 Å². The van der Waals surface area contributed by atoms with Gasteiger partial charge in [-0.3, -0.25) is 0 Å². The van der Waals surface area contributed by atoms with Gasteiger partial charge in [-0.05, 0) is 41.5 Å². The van der Waals surface area contributed by atoms with E-state index in [4.69, 9.17) is 46.3 Å². The van der Waals surface area contributed by atoms with E-state index in [2.05, 4.69) is 9.69 Å². The number of carbonyl (C=O) groups excluding carboxylic acids is 3. The highest BCUT2D eigenvalue weighted by molar-refractivity contribution is 6.01. The summed E-state index contributed by atoms with van der Waals surface area (Å²) >= 11 is 0. The third-order valence-corrected chi connectivity index (χ3v) is 8.15. The Morgan fingerprint density at radius 2 is 1.43 bits per heavy atom. The highest BCUT2D eigenvalue weighted by atomic mass is 16.6. The summed E-state index contributed by atoms with van der Waals surface area (Å²) < 4.78 is 38.2. The van der Waals surface area contributed by atoms with Crippen LogP contribution in [0.5, 0.6) is 17.2 Å². The summed E-state index contributed by atoms with van der Waals surface area (Å²) in [7, 11) is 0. The largest absolute Gasteiger partial charge is 0.493 e. The molecular formula is C40H28N4O10. The molecule has 0 bridgehead atoms. The zero-order chi connectivity index (χ0) is 38.0. The summed E-state index contributed by atoms with van der Waals surface area (Å²) in [5, 5.41) is 19.7. The Morgan fingerprint density at radius 3 is 2.11 bits per heavy atom. The maximum Gasteiger partial charge on any atom is 0.343 e. The Hall–Kier alpha value is -7.07. The molecule has 2 fully saturated rings. The minimum Gasteiger partial charge on any atom is -0.493 e. The van der Waals surface area contributed by atoms with Crippen molar-refractivity contribution >= 4 is 29.3 Å². The van der Waals surface area contributed by atoms with Crippen molar-refractivity contribution in [3.63, 3.8) is 0 Å². The average Bonchev–Trinajstić information content (AvgIpc) is 4.14. The van der Waals surface area contributed by atoms with Gasteiger partial charge in [-0.2, -0.15) is 10.5 Å². The van der Waals surface area contributed by atoms with Crippen molar-refractivity contribution in [2.45, 2.75) is 31.8 Å². The fourth-order valence-corrected chi connectivity index (χ4v) is 5.18. The first kappa shape index (κ1) is 36.7. The number of rotatable bonds is 15. The number of nitrogens with zero attached hydrogens (tertiary/aromatic N) is 4. The number of hydrogen-bond donors (Lipinski definition) is 0. The standard InChI is InChI=1S/C40H28N4O10/c1-43-36-25(20-48-21-28-23-51-28)8-10-29(32(36)17-41)39(46)53-26-9-12-35(31(16-26)38(45)52-19-24-6-4-3-5-7-24)54-40(47)30-11-13-34(33(18-42)37(30)44-2)49-15-14-27-22-50-27/h3-13,16,27-28H,14-15,19-23H2. The van der Waals surface area contributed by atoms with Crippen LogP contribution in [0.25, 0.3) is 9.69 Å². The topological polar surface area (TPSA) is 179 Å². The molecular weight excluding hydrogens is 696 g/mol. The van der Waals surface area contributed by atoms with Gasteiger partial charge in [-0.15, -0.1) is 0 Å². The SMILES string of the molecule is [C-]#[N+]c1c(COCC2CO2)ccc(C(=O)Oc2ccc(OC(=O)c3ccc(OCCC4CO4)c(C#N)c3[N+]#[C-])c(C(=O)OCc3ccccc3)c2)c1C#N. The molecule has 54 heavy (non-hydrogen) atoms. The van der Waals surface area contributed by atoms with E-state index in [-0.39, 0.29) is 88.5 Å². The van der Waals surface area contributed by atoms with Crippen molar-refractivity contribution in [2.24, 2.45) is 0 Å². The highest BCUT2D eigenvalue weighted by Crippen LogP contribution is 2.35. The highest BCUT2D eigenvalue weighted by Gasteiger charge is 2.27. The van der Waals surface area contributed by atoms with E-state index in [1.807, 2.05) is 12.1 Å². The molecule has 2 aliphatic rings. The molecule has 2 heterocycles. The maximum absolute atomic E-state index is 13.5. The molecule has 2 atom stereocenters. The van der Waals surface area contributed by atoms with Crippen molar-refractivity contribution in [3.8, 4) is 29.4 Å². The van der Waals surface area contributed by atoms with Gasteiger partial charge in [0.2, 0.25) is 11.4 Å². The normalized spacial score (nSPS) is 15.0. The molecule has 0 aliphatic carbocycles. The summed E-state index contributed by atoms with van der Waals surface area (Å²) in [6.45, 7) is 17.0. The van der Waals surface area contributed by atoms with Gasteiger partial charge in [0.05, 0.1) is 81.1 Å². The minimum atomic E-state index is -1.06. The second-order valence-electron chi connectivity index (χ2n) is 11.8. The number of carbonyl (C=O) groups is 3. The number of esters is 3. The summed E-state index contributed by atoms with van der Waals surface area (Å²) in [6, 6.07) is 21.7. The molecule has 0 aromatic heterocycles. The third-order valence-electron chi connectivity index (χ3n) is 8.15. The fraction of sp³-hybridized carbons (Fsp3) is 0.225. The zero-order valence-corrected chi connectivity index (χ0v) is 28.4. The molecule has 2 unspecified atom stereocenters. The second kappa shape index (κ2) is 17.0. The predicted molar refractivity (Wildman–Crippen MR) is 186 cm³/mol. The van der Waals surface area contributed by atoms with Crippen LogP contribution < -0.4 is 14.2 Å². The van der Waals surface area contributed by atoms with Crippen LogP contribution in [-0.4, -0.2) is 56.5 Å². The van der Waals surface area contributed by atoms with Gasteiger partial charge in [0.15, 0.2) is 0 Å². The van der Waals surface area contributed by atoms with Gasteiger partial charge in [0, 0.05) is 6.42 Å². The molecule has 0 saturated carbocycles. The first-order valence-electron chi connectivity index (χ1n) is 16.4. The lowest BCUT2D eigenvalue weighted by Crippen LogP contribution is -2.15. The van der Waals surface area contributed by atoms with E-state index < -0.39 is 17.9 Å². The Labute approximate surface area is 309 Å². The average molecular weight is 725 g/mol. The minimum absolute atomic E-state index is 0.00155. The predicted octanol–water partition coefficient (Wildman–Crippen LogP) is 6.41. The fourth-order valence-electron chi connectivity index (χ4n) is 5.18. The number of ether oxygens (including phenoxy) is 7. The Balaban J connectivity index is 1.26. The Morgan fingerprint density at radius 1 is 0.741 bits per heavy atom. The molecule has 4 aromatic rings. The van der Waals surface area contributed by atoms with Gasteiger partial charge < -0.3 is 33.2 Å². The summed E-state index contributed by atoms with van der Waals surface area (Å²) in [5.74, 6) is -3.36. The number of hydrogen-bond acceptors (Lipinski definition) is 12. The van der Waals surface area contributed by atoms with Crippen LogP contribution in [0.2, 0.25) is 0 Å². The van der Waals surface area contributed by atoms with Crippen molar-refractivity contribution in [1.29, 1.82) is 10.5 Å². The molecule has 0 spiro atoms. The van der Waals surface area contributed by atoms with E-state index in [9.17, 15) is 24.9 Å². The number of epoxide rings is 2. The van der Waals surface area contributed by atoms with E-state index in [1.165, 1.54) is 36.4 Å². The lowest BCUT2D eigenvalue weighted by atomic mass is 10.0. The van der Waals surface area contributed by atoms with Crippen molar-refractivity contribution < 1.29 is 47.5 Å². The quantitative estimate of drug-likeness (QED) is 0.0570. The zero-order valence-electron chi connectivity index (χ0n) is 28.4. The van der Waals surface area contributed by atoms with Crippen LogP contribution in [0.3, 0.4) is 0 Å². The van der Waals surface area contributed by atoms with Crippen LogP contribution in [0, 0.1) is 35.8 Å². The monoisotopic (exact) mass is 724 g/mol. The third kappa shape index (κ3) is 8.86. The van der Waals surface area contributed by atoms with E-state index in [0.29, 0.717) is 37.4 Å². The molecule has 268 valence electrons. The van der Waals surface area contributed by atoms with Crippen molar-refractivity contribution in [3.05, 3.63) is 135 Å². The molecule has 6 rings (SSSR count). The molecule has 0 N–H and O–H groups in total. The summed E-state index contributed by atoms with van der Waals surface area (Å²) in [4.78, 5) is 47.2. The van der Waals surface area contributed by atoms with E-state index >= 15 is 0 Å². The number of benzene rings is 4. The van der Waals surface area contributed by atoms with E-state index in [1.54, 1.807) is 30.3 Å². The second-order valence-corrected chi connectivity index (χ2v) is 11.8. The molecule has 0 amide bonds. The van der Waals surface area contributed by atoms with Crippen molar-refractivity contribution in [2.75, 3.05) is 26.4 Å². The van der Waals surface area contributed by atoms with Crippen LogP contribution >= 0.6 is 0 Å². The van der Waals surface area contributed by atoms with Crippen LogP contribution in [0.15, 0.2) is 72.8 Å². The Bertz CT molecular complexity index is 2270. The smallest absolute Gasteiger partial charge is 0.343 e. The van der Waals surface area contributed by atoms with Crippen LogP contribution in [0.4, 0.5) is 11.4 Å². The van der Waals surface area contributed by atoms with Gasteiger partial charge in [0.25, 0.3) is 0 Å². The molecule has 2 aliphatic heterocycles. The first-order valence-corrected chi connectivity index (χ1v) is 16.4. The lowest BCUT2D eigenvalue weighted by molar-refractivity contribution is 0.0465. The van der Waals surface area contributed by atoms with Crippen LogP contribution in [0.1, 0.15) is 59.7 Å². The van der Waals surface area contributed by atoms with E-state index in [0.717, 1.165) is 6.07 Å². The van der Waals surface area contributed by atoms with Gasteiger partial charge in [-0.25, -0.2) is 24.1 Å². The molecule has 0 radical (unpaired) electrons. The first-order chi connectivity index (χ1) is 26.3. The summed E-state index contributed by atoms with van der Waals surface area (Å²) in [6.07, 6.45) is 0.681.